The number of allylic oxidation sites excluding steroid dienone is 2. The molecule has 0 aromatic heterocycles. The molecule has 0 aromatic carbocycles. The van der Waals surface area contributed by atoms with Gasteiger partial charge >= 0.3 is 0 Å². The van der Waals surface area contributed by atoms with E-state index in [0.717, 1.165) is 24.8 Å². The van der Waals surface area contributed by atoms with Gasteiger partial charge in [-0.25, -0.2) is 0 Å². The summed E-state index contributed by atoms with van der Waals surface area (Å²) in [5.41, 5.74) is 2.30. The first-order valence-electron chi connectivity index (χ1n) is 3.91. The monoisotopic (exact) mass is 138 g/mol. The van der Waals surface area contributed by atoms with Gasteiger partial charge in [0.1, 0.15) is 0 Å². The summed E-state index contributed by atoms with van der Waals surface area (Å²) in [5.74, 6) is 0.381. The van der Waals surface area contributed by atoms with Crippen molar-refractivity contribution in [3.63, 3.8) is 0 Å². The van der Waals surface area contributed by atoms with Crippen molar-refractivity contribution in [3.8, 4) is 0 Å². The molecule has 56 valence electrons. The fraction of sp³-hybridized carbons (Fsp3) is 0.667. The minimum absolute atomic E-state index is 0.381. The minimum atomic E-state index is 0.381. The Morgan fingerprint density at radius 2 is 1.80 bits per heavy atom. The SMILES string of the molecule is CC(C)=C1CCCCC1=O. The van der Waals surface area contributed by atoms with Gasteiger partial charge in [0.05, 0.1) is 0 Å². The molecule has 0 heterocycles. The number of Topliss-reactive ketones (excluding diaryl/α,β-unsaturated/α-hetero) is 1. The van der Waals surface area contributed by atoms with Crippen LogP contribution in [-0.2, 0) is 4.79 Å². The predicted octanol–water partition coefficient (Wildman–Crippen LogP) is 2.47. The Balaban J connectivity index is 2.75. The third-order valence-corrected chi connectivity index (χ3v) is 2.02. The lowest BCUT2D eigenvalue weighted by Gasteiger charge is -2.13. The molecule has 0 N–H and O–H groups in total. The second-order valence-corrected chi connectivity index (χ2v) is 3.11. The first-order valence-corrected chi connectivity index (χ1v) is 3.91. The lowest BCUT2D eigenvalue weighted by Crippen LogP contribution is -2.09. The summed E-state index contributed by atoms with van der Waals surface area (Å²) in [7, 11) is 0. The first kappa shape index (κ1) is 7.52. The number of hydrogen-bond donors (Lipinski definition) is 0. The Morgan fingerprint density at radius 1 is 1.20 bits per heavy atom. The standard InChI is InChI=1S/C9H14O/c1-7(2)8-5-3-4-6-9(8)10/h3-6H2,1-2H3. The van der Waals surface area contributed by atoms with Crippen molar-refractivity contribution >= 4 is 5.78 Å². The van der Waals surface area contributed by atoms with Crippen LogP contribution in [0.5, 0.6) is 0 Å². The third kappa shape index (κ3) is 1.47. The zero-order valence-corrected chi connectivity index (χ0v) is 6.74. The van der Waals surface area contributed by atoms with Gasteiger partial charge < -0.3 is 0 Å². The van der Waals surface area contributed by atoms with E-state index in [1.807, 2.05) is 13.8 Å². The molecule has 10 heavy (non-hydrogen) atoms. The van der Waals surface area contributed by atoms with Gasteiger partial charge in [-0.1, -0.05) is 5.57 Å². The molecule has 1 nitrogen and oxygen atoms in total. The van der Waals surface area contributed by atoms with E-state index in [9.17, 15) is 4.79 Å². The Labute approximate surface area is 62.1 Å². The molecule has 1 aliphatic rings. The van der Waals surface area contributed by atoms with E-state index in [-0.39, 0.29) is 0 Å². The van der Waals surface area contributed by atoms with E-state index in [0.29, 0.717) is 5.78 Å². The van der Waals surface area contributed by atoms with Crippen molar-refractivity contribution in [3.05, 3.63) is 11.1 Å². The van der Waals surface area contributed by atoms with E-state index in [1.165, 1.54) is 12.0 Å². The maximum Gasteiger partial charge on any atom is 0.158 e. The van der Waals surface area contributed by atoms with Gasteiger partial charge in [-0.2, -0.15) is 0 Å². The van der Waals surface area contributed by atoms with E-state index >= 15 is 0 Å². The van der Waals surface area contributed by atoms with Crippen LogP contribution in [0.4, 0.5) is 0 Å². The summed E-state index contributed by atoms with van der Waals surface area (Å²) >= 11 is 0. The molecular weight excluding hydrogens is 124 g/mol. The predicted molar refractivity (Wildman–Crippen MR) is 41.8 cm³/mol. The molecule has 1 rings (SSSR count). The molecule has 0 aliphatic heterocycles. The number of rotatable bonds is 0. The van der Waals surface area contributed by atoms with Crippen LogP contribution in [0.2, 0.25) is 0 Å². The molecule has 0 bridgehead atoms. The number of carbonyl (C=O) groups excluding carboxylic acids is 1. The Morgan fingerprint density at radius 3 is 2.20 bits per heavy atom. The normalized spacial score (nSPS) is 19.4. The Bertz CT molecular complexity index is 173. The smallest absolute Gasteiger partial charge is 0.158 e. The van der Waals surface area contributed by atoms with Crippen LogP contribution in [0.15, 0.2) is 11.1 Å². The highest BCUT2D eigenvalue weighted by atomic mass is 16.1. The van der Waals surface area contributed by atoms with E-state index < -0.39 is 0 Å². The van der Waals surface area contributed by atoms with Gasteiger partial charge in [-0.05, 0) is 38.7 Å². The number of hydrogen-bond acceptors (Lipinski definition) is 1. The van der Waals surface area contributed by atoms with Crippen LogP contribution in [0, 0.1) is 0 Å². The first-order chi connectivity index (χ1) is 4.72. The average molecular weight is 138 g/mol. The van der Waals surface area contributed by atoms with Gasteiger partial charge in [0.2, 0.25) is 0 Å². The van der Waals surface area contributed by atoms with Crippen LogP contribution in [-0.4, -0.2) is 5.78 Å². The highest BCUT2D eigenvalue weighted by Crippen LogP contribution is 2.22. The minimum Gasteiger partial charge on any atom is -0.295 e. The van der Waals surface area contributed by atoms with Gasteiger partial charge in [-0.3, -0.25) is 4.79 Å². The van der Waals surface area contributed by atoms with Gasteiger partial charge in [0.15, 0.2) is 5.78 Å². The fourth-order valence-electron chi connectivity index (χ4n) is 1.41. The molecule has 1 fully saturated rings. The summed E-state index contributed by atoms with van der Waals surface area (Å²) in [6.45, 7) is 4.05. The van der Waals surface area contributed by atoms with Crippen molar-refractivity contribution in [2.75, 3.05) is 0 Å². The topological polar surface area (TPSA) is 17.1 Å². The quantitative estimate of drug-likeness (QED) is 0.470. The van der Waals surface area contributed by atoms with Crippen LogP contribution in [0.25, 0.3) is 0 Å². The summed E-state index contributed by atoms with van der Waals surface area (Å²) in [4.78, 5) is 11.2. The molecule has 1 heteroatoms. The average Bonchev–Trinajstić information content (AvgIpc) is 1.88. The Hall–Kier alpha value is -0.590. The van der Waals surface area contributed by atoms with E-state index in [4.69, 9.17) is 0 Å². The van der Waals surface area contributed by atoms with Crippen molar-refractivity contribution in [1.29, 1.82) is 0 Å². The van der Waals surface area contributed by atoms with E-state index in [1.54, 1.807) is 0 Å². The zero-order chi connectivity index (χ0) is 7.56. The van der Waals surface area contributed by atoms with Crippen LogP contribution in [0.1, 0.15) is 39.5 Å². The maximum atomic E-state index is 11.2. The van der Waals surface area contributed by atoms with E-state index in [2.05, 4.69) is 0 Å². The van der Waals surface area contributed by atoms with Gasteiger partial charge in [0, 0.05) is 6.42 Å². The maximum absolute atomic E-state index is 11.2. The van der Waals surface area contributed by atoms with Crippen molar-refractivity contribution < 1.29 is 4.79 Å². The summed E-state index contributed by atoms with van der Waals surface area (Å²) in [6.07, 6.45) is 4.09. The van der Waals surface area contributed by atoms with Gasteiger partial charge in [-0.15, -0.1) is 0 Å². The molecule has 0 amide bonds. The molecule has 0 unspecified atom stereocenters. The molecular formula is C9H14O. The molecule has 0 saturated heterocycles. The fourth-order valence-corrected chi connectivity index (χ4v) is 1.41. The third-order valence-electron chi connectivity index (χ3n) is 2.02. The summed E-state index contributed by atoms with van der Waals surface area (Å²) < 4.78 is 0. The van der Waals surface area contributed by atoms with Gasteiger partial charge in [0.25, 0.3) is 0 Å². The molecule has 0 radical (unpaired) electrons. The number of carbonyl (C=O) groups is 1. The lowest BCUT2D eigenvalue weighted by atomic mass is 9.91. The van der Waals surface area contributed by atoms with Crippen molar-refractivity contribution in [2.45, 2.75) is 39.5 Å². The number of ketones is 1. The zero-order valence-electron chi connectivity index (χ0n) is 6.74. The molecule has 0 aromatic rings. The van der Waals surface area contributed by atoms with Crippen LogP contribution in [0.3, 0.4) is 0 Å². The van der Waals surface area contributed by atoms with Crippen molar-refractivity contribution in [1.82, 2.24) is 0 Å². The largest absolute Gasteiger partial charge is 0.295 e. The molecule has 1 aliphatic carbocycles. The second kappa shape index (κ2) is 3.00. The second-order valence-electron chi connectivity index (χ2n) is 3.11. The summed E-state index contributed by atoms with van der Waals surface area (Å²) in [5, 5.41) is 0. The lowest BCUT2D eigenvalue weighted by molar-refractivity contribution is -0.116. The van der Waals surface area contributed by atoms with Crippen LogP contribution < -0.4 is 0 Å². The highest BCUT2D eigenvalue weighted by Gasteiger charge is 2.14. The summed E-state index contributed by atoms with van der Waals surface area (Å²) in [6, 6.07) is 0. The molecule has 1 saturated carbocycles. The molecule has 0 atom stereocenters. The van der Waals surface area contributed by atoms with Crippen molar-refractivity contribution in [2.24, 2.45) is 0 Å². The van der Waals surface area contributed by atoms with Crippen LogP contribution >= 0.6 is 0 Å². The molecule has 0 spiro atoms. The Kier molecular flexibility index (Phi) is 2.25. The highest BCUT2D eigenvalue weighted by molar-refractivity contribution is 5.96.